The van der Waals surface area contributed by atoms with Crippen LogP contribution in [0.4, 0.5) is 34.1 Å². The van der Waals surface area contributed by atoms with Gasteiger partial charge < -0.3 is 45.0 Å². The van der Waals surface area contributed by atoms with E-state index in [0.29, 0.717) is 66.1 Å². The van der Waals surface area contributed by atoms with E-state index in [-0.39, 0.29) is 13.4 Å². The zero-order valence-corrected chi connectivity index (χ0v) is 94.2. The molecule has 4 N–H and O–H groups in total. The van der Waals surface area contributed by atoms with Crippen LogP contribution in [0.25, 0.3) is 66.8 Å². The third-order valence-corrected chi connectivity index (χ3v) is 28.7. The van der Waals surface area contributed by atoms with E-state index in [1.165, 1.54) is 262 Å². The van der Waals surface area contributed by atoms with Crippen LogP contribution in [-0.2, 0) is 41.3 Å². The van der Waals surface area contributed by atoms with E-state index in [9.17, 15) is 22.2 Å². The first kappa shape index (κ1) is 122. The van der Waals surface area contributed by atoms with Crippen LogP contribution in [0.15, 0.2) is 261 Å². The van der Waals surface area contributed by atoms with Crippen molar-refractivity contribution in [3.8, 4) is 66.8 Å². The lowest BCUT2D eigenvalue weighted by Crippen LogP contribution is -2.23. The molecule has 143 heavy (non-hydrogen) atoms. The molecule has 0 saturated heterocycles. The van der Waals surface area contributed by atoms with Crippen molar-refractivity contribution >= 4 is 110 Å². The molecular formula is C125H163I2N3O11S2-2. The monoisotopic (exact) mass is 2200 g/mol. The average molecular weight is 2200 g/mol. The summed E-state index contributed by atoms with van der Waals surface area (Å²) < 4.78 is 41.1. The number of rotatable bonds is 43. The van der Waals surface area contributed by atoms with Gasteiger partial charge in [0.1, 0.15) is 0 Å². The van der Waals surface area contributed by atoms with E-state index in [2.05, 4.69) is 474 Å². The van der Waals surface area contributed by atoms with Gasteiger partial charge in [-0.2, -0.15) is 12.6 Å². The third-order valence-electron chi connectivity index (χ3n) is 25.5. The van der Waals surface area contributed by atoms with Gasteiger partial charge in [-0.05, 0) is 219 Å². The predicted octanol–water partition coefficient (Wildman–Crippen LogP) is 36.8. The van der Waals surface area contributed by atoms with Crippen molar-refractivity contribution < 1.29 is 51.2 Å². The number of anilines is 6. The van der Waals surface area contributed by atoms with Crippen LogP contribution in [0.2, 0.25) is 0 Å². The van der Waals surface area contributed by atoms with Crippen LogP contribution < -0.4 is 26.5 Å². The number of hydrogen-bond acceptors (Lipinski definition) is 13. The maximum atomic E-state index is 10.8. The van der Waals surface area contributed by atoms with E-state index < -0.39 is 24.3 Å². The molecule has 0 bridgehead atoms. The summed E-state index contributed by atoms with van der Waals surface area (Å²) >= 11 is 4.90. The number of carboxylic acids is 1. The van der Waals surface area contributed by atoms with Gasteiger partial charge in [0.15, 0.2) is 0 Å². The Morgan fingerprint density at radius 3 is 0.706 bits per heavy atom. The van der Waals surface area contributed by atoms with Gasteiger partial charge in [0.05, 0.1) is 24.2 Å². The Morgan fingerprint density at radius 1 is 0.308 bits per heavy atom. The molecule has 0 heterocycles. The topological polar surface area (TPSA) is 215 Å². The number of methoxy groups -OCH3 is 1. The molecule has 772 valence electrons. The summed E-state index contributed by atoms with van der Waals surface area (Å²) in [7, 11) is -6.68. The summed E-state index contributed by atoms with van der Waals surface area (Å²) in [6, 6.07) is 94.7. The Labute approximate surface area is 888 Å². The smallest absolute Gasteiger partial charge is 0.318 e. The Hall–Kier alpha value is -9.75. The highest BCUT2D eigenvalue weighted by molar-refractivity contribution is 14.1. The quantitative estimate of drug-likeness (QED) is 0.00920. The average Bonchev–Trinajstić information content (AvgIpc) is 0.790. The minimum atomic E-state index is -4.68. The minimum Gasteiger partial charge on any atom is -0.707 e. The number of esters is 1. The van der Waals surface area contributed by atoms with Gasteiger partial charge in [0.25, 0.3) is 0 Å². The highest BCUT2D eigenvalue weighted by Crippen LogP contribution is 2.49. The third kappa shape index (κ3) is 38.9. The van der Waals surface area contributed by atoms with Crippen LogP contribution in [0, 0.1) is 7.14 Å². The molecule has 12 aromatic rings. The summed E-state index contributed by atoms with van der Waals surface area (Å²) in [5.41, 5.74) is 34.5. The van der Waals surface area contributed by atoms with Gasteiger partial charge in [0, 0.05) is 70.4 Å². The number of carbonyl (C=O) groups is 2. The number of ether oxygens (including phenoxy) is 1. The normalized spacial score (nSPS) is 11.1. The molecule has 18 heteroatoms. The van der Waals surface area contributed by atoms with Crippen LogP contribution in [0.3, 0.4) is 0 Å². The van der Waals surface area contributed by atoms with E-state index in [0.717, 1.165) is 19.3 Å². The highest BCUT2D eigenvalue weighted by Gasteiger charge is 2.27. The molecule has 0 aliphatic rings. The summed E-state index contributed by atoms with van der Waals surface area (Å²) in [6.07, 6.45) is 23.6. The molecular weight excluding hydrogens is 2040 g/mol. The van der Waals surface area contributed by atoms with Gasteiger partial charge >= 0.3 is 30.3 Å². The van der Waals surface area contributed by atoms with E-state index in [1.807, 2.05) is 0 Å². The zero-order valence-electron chi connectivity index (χ0n) is 88.3. The molecule has 14 nitrogen and oxygen atoms in total. The molecule has 0 saturated carbocycles. The number of nitrogens with one attached hydrogen (secondary N) is 3. The molecule has 12 rings (SSSR count). The fourth-order valence-electron chi connectivity index (χ4n) is 17.3. The number of carboxylic acid groups (broad SMARTS) is 1. The molecule has 0 fully saturated rings. The molecule has 0 aliphatic heterocycles. The second-order valence-corrected chi connectivity index (χ2v) is 45.6. The van der Waals surface area contributed by atoms with Gasteiger partial charge in [-0.25, -0.2) is 0 Å². The summed E-state index contributed by atoms with van der Waals surface area (Å²) in [5.74, 6) is 3.26. The Kier molecular flexibility index (Phi) is 54.8. The molecule has 0 aromatic heterocycles. The molecule has 0 atom stereocenters. The number of halogens is 2. The lowest BCUT2D eigenvalue weighted by atomic mass is 9.86. The van der Waals surface area contributed by atoms with Crippen molar-refractivity contribution in [1.82, 2.24) is 0 Å². The minimum absolute atomic E-state index is 0. The Bertz CT molecular complexity index is 5570. The SMILES string of the molecule is C.CC(C)c1cc(C(C)C)c(Nc2c(-c3ccccc3)cc(I)cc2-c2ccccc2)c(C(C)C)c1.CC(C)c1cc(C(C)C)c(Nc2c(-c3ccccc3)cc(I)cc2-c2ccccc2)c(C(C)C)c1.CC(C)c1cc(C(C)C)c(Nc2c(-c3ccccc3)cccc2-c2ccccc2)c(C(C)C)c1.CCCCCCCCCCCC(=O)O.CCCCCCCCCCCC(=O)OC.O=S(=O)=S(=O)(O[O-])O[O-]. The number of aliphatic carboxylic acids is 1. The molecule has 0 spiro atoms. The number of para-hydroxylation sites is 1. The van der Waals surface area contributed by atoms with Crippen LogP contribution >= 0.6 is 45.2 Å². The number of unbranched alkanes of at least 4 members (excludes halogenated alkanes) is 16. The molecule has 0 aliphatic carbocycles. The van der Waals surface area contributed by atoms with Crippen LogP contribution in [-0.4, -0.2) is 36.8 Å². The molecule has 12 aromatic carbocycles. The van der Waals surface area contributed by atoms with E-state index in [1.54, 1.807) is 0 Å². The highest BCUT2D eigenvalue weighted by atomic mass is 127. The second kappa shape index (κ2) is 64.3. The van der Waals surface area contributed by atoms with Gasteiger partial charge in [-0.15, -0.1) is 0 Å². The first-order valence-corrected chi connectivity index (χ1v) is 56.7. The van der Waals surface area contributed by atoms with Gasteiger partial charge in [-0.1, -0.05) is 485 Å². The van der Waals surface area contributed by atoms with Gasteiger partial charge in [-0.3, -0.25) is 9.59 Å². The maximum Gasteiger partial charge on any atom is 0.318 e. The Balaban J connectivity index is 0.000000278. The van der Waals surface area contributed by atoms with Crippen molar-refractivity contribution in [2.75, 3.05) is 23.1 Å². The summed E-state index contributed by atoms with van der Waals surface area (Å²) in [5, 5.41) is 38.7. The van der Waals surface area contributed by atoms with Crippen molar-refractivity contribution in [3.63, 3.8) is 0 Å². The number of carbonyl (C=O) groups excluding carboxylic acids is 1. The summed E-state index contributed by atoms with van der Waals surface area (Å²) in [4.78, 5) is 21.0. The number of hydrogen-bond donors (Lipinski definition) is 4. The largest absolute Gasteiger partial charge is 0.707 e. The molecule has 0 amide bonds. The van der Waals surface area contributed by atoms with E-state index >= 15 is 0 Å². The van der Waals surface area contributed by atoms with Crippen LogP contribution in [0.5, 0.6) is 0 Å². The van der Waals surface area contributed by atoms with Crippen molar-refractivity contribution in [2.45, 2.75) is 328 Å². The maximum absolute atomic E-state index is 10.8. The molecule has 0 radical (unpaired) electrons. The summed E-state index contributed by atoms with van der Waals surface area (Å²) in [6.45, 7) is 45.8. The van der Waals surface area contributed by atoms with Crippen molar-refractivity contribution in [1.29, 1.82) is 0 Å². The second-order valence-electron chi connectivity index (χ2n) is 39.5. The molecule has 0 unspecified atom stereocenters. The van der Waals surface area contributed by atoms with Crippen molar-refractivity contribution in [2.24, 2.45) is 0 Å². The lowest BCUT2D eigenvalue weighted by molar-refractivity contribution is -0.670. The lowest BCUT2D eigenvalue weighted by Gasteiger charge is -2.26. The van der Waals surface area contributed by atoms with Gasteiger partial charge in [0.2, 0.25) is 0 Å². The van der Waals surface area contributed by atoms with E-state index in [4.69, 9.17) is 15.6 Å². The first-order chi connectivity index (χ1) is 68.0. The standard InChI is InChI=1S/2C33H36IN.C33H37N.C13H26O2.C12H24O2.CH4.H2O7S2/c2*1-21(2)26-17-28(22(3)4)32(29(18-26)23(5)6)35-33-30(24-13-9-7-10-14-24)19-27(34)20-31(33)25-15-11-8-12-16-25;1-22(2)27-20-30(23(3)4)33(31(21-27)24(5)6)34-32-28(25-14-9-7-10-15-25)18-13-19-29(32)26-16-11-8-12-17-26;1-3-4-5-6-7-8-9-10-11-12-13(14)15-2;1-2-3-4-5-6-7-8-9-10-11-12(13)14;;1-6-9(5,7-2)8(3)4/h2*7-23,35H,1-6H3;7-24,34H,1-6H3;3-12H2,1-2H3;2-11H2,1H3,(H,13,14);1H4;1-2H/p-2. The fourth-order valence-corrected chi connectivity index (χ4v) is 18.9. The number of benzene rings is 12. The first-order valence-electron chi connectivity index (χ1n) is 51.5. The zero-order chi connectivity index (χ0) is 104. The van der Waals surface area contributed by atoms with Crippen molar-refractivity contribution in [3.05, 3.63) is 318 Å². The fraction of sp³-hybridized carbons (Fsp3) is 0.408. The van der Waals surface area contributed by atoms with Crippen LogP contribution in [0.1, 0.15) is 378 Å². The Morgan fingerprint density at radius 2 is 0.517 bits per heavy atom. The predicted molar refractivity (Wildman–Crippen MR) is 623 cm³/mol.